The van der Waals surface area contributed by atoms with Crippen molar-refractivity contribution >= 4 is 0 Å². The summed E-state index contributed by atoms with van der Waals surface area (Å²) in [5.41, 5.74) is 0.258. The van der Waals surface area contributed by atoms with Crippen LogP contribution in [-0.2, 0) is 4.74 Å². The zero-order chi connectivity index (χ0) is 13.7. The van der Waals surface area contributed by atoms with E-state index in [2.05, 4.69) is 31.1 Å². The van der Waals surface area contributed by atoms with Crippen LogP contribution in [0.15, 0.2) is 0 Å². The average Bonchev–Trinajstić information content (AvgIpc) is 2.93. The van der Waals surface area contributed by atoms with Crippen molar-refractivity contribution in [3.05, 3.63) is 0 Å². The van der Waals surface area contributed by atoms with Crippen molar-refractivity contribution in [2.45, 2.75) is 76.5 Å². The second kappa shape index (κ2) is 7.05. The normalized spacial score (nSPS) is 27.6. The molecule has 0 bridgehead atoms. The first kappa shape index (κ1) is 15.3. The van der Waals surface area contributed by atoms with Gasteiger partial charge in [0.1, 0.15) is 0 Å². The molecule has 2 atom stereocenters. The van der Waals surface area contributed by atoms with Gasteiger partial charge in [-0.05, 0) is 72.5 Å². The molecule has 112 valence electrons. The summed E-state index contributed by atoms with van der Waals surface area (Å²) >= 11 is 0. The lowest BCUT2D eigenvalue weighted by atomic mass is 9.86. The molecule has 2 aliphatic rings. The number of hydrogen-bond donors (Lipinski definition) is 1. The van der Waals surface area contributed by atoms with Gasteiger partial charge < -0.3 is 10.1 Å². The lowest BCUT2D eigenvalue weighted by Crippen LogP contribution is -2.58. The van der Waals surface area contributed by atoms with Crippen molar-refractivity contribution in [1.29, 1.82) is 0 Å². The van der Waals surface area contributed by atoms with Crippen molar-refractivity contribution in [2.75, 3.05) is 26.7 Å². The number of likely N-dealkylation sites (N-methyl/N-ethyl adjacent to an activating group) is 1. The Bertz CT molecular complexity index is 255. The van der Waals surface area contributed by atoms with Crippen LogP contribution in [0.3, 0.4) is 0 Å². The third kappa shape index (κ3) is 3.93. The minimum Gasteiger partial charge on any atom is -0.378 e. The highest BCUT2D eigenvalue weighted by Gasteiger charge is 2.35. The molecule has 0 amide bonds. The SMILES string of the molecule is CNC(CCC1CCCO1)C(C)(C)N1CCCCC1. The van der Waals surface area contributed by atoms with E-state index in [1.807, 2.05) is 0 Å². The number of nitrogens with zero attached hydrogens (tertiary/aromatic N) is 1. The molecule has 2 saturated heterocycles. The van der Waals surface area contributed by atoms with E-state index in [0.29, 0.717) is 12.1 Å². The molecule has 2 unspecified atom stereocenters. The third-order valence-corrected chi connectivity index (χ3v) is 5.17. The van der Waals surface area contributed by atoms with Gasteiger partial charge in [0.15, 0.2) is 0 Å². The van der Waals surface area contributed by atoms with Gasteiger partial charge in [-0.2, -0.15) is 0 Å². The van der Waals surface area contributed by atoms with Gasteiger partial charge in [0.05, 0.1) is 6.10 Å². The van der Waals surface area contributed by atoms with Crippen LogP contribution in [0.4, 0.5) is 0 Å². The number of likely N-dealkylation sites (tertiary alicyclic amines) is 1. The van der Waals surface area contributed by atoms with Crippen LogP contribution < -0.4 is 5.32 Å². The second-order valence-corrected chi connectivity index (χ2v) is 6.76. The molecule has 1 N–H and O–H groups in total. The minimum absolute atomic E-state index is 0.258. The van der Waals surface area contributed by atoms with Crippen molar-refractivity contribution in [3.63, 3.8) is 0 Å². The van der Waals surface area contributed by atoms with Crippen LogP contribution in [0.5, 0.6) is 0 Å². The van der Waals surface area contributed by atoms with Crippen LogP contribution in [0, 0.1) is 0 Å². The summed E-state index contributed by atoms with van der Waals surface area (Å²) in [6.07, 6.45) is 9.62. The molecule has 0 aliphatic carbocycles. The van der Waals surface area contributed by atoms with E-state index in [-0.39, 0.29) is 5.54 Å². The zero-order valence-electron chi connectivity index (χ0n) is 13.1. The van der Waals surface area contributed by atoms with Crippen molar-refractivity contribution in [2.24, 2.45) is 0 Å². The van der Waals surface area contributed by atoms with Gasteiger partial charge in [-0.15, -0.1) is 0 Å². The Morgan fingerprint density at radius 3 is 2.53 bits per heavy atom. The monoisotopic (exact) mass is 268 g/mol. The first-order valence-electron chi connectivity index (χ1n) is 8.18. The predicted molar refractivity (Wildman–Crippen MR) is 80.6 cm³/mol. The second-order valence-electron chi connectivity index (χ2n) is 6.76. The Kier molecular flexibility index (Phi) is 5.67. The fourth-order valence-electron chi connectivity index (χ4n) is 3.77. The maximum atomic E-state index is 5.76. The van der Waals surface area contributed by atoms with E-state index in [9.17, 15) is 0 Å². The summed E-state index contributed by atoms with van der Waals surface area (Å²) in [5.74, 6) is 0. The van der Waals surface area contributed by atoms with Gasteiger partial charge in [0, 0.05) is 18.2 Å². The van der Waals surface area contributed by atoms with Gasteiger partial charge in [-0.3, -0.25) is 4.90 Å². The first-order chi connectivity index (χ1) is 9.14. The molecule has 2 rings (SSSR count). The van der Waals surface area contributed by atoms with E-state index in [4.69, 9.17) is 4.74 Å². The van der Waals surface area contributed by atoms with E-state index < -0.39 is 0 Å². The van der Waals surface area contributed by atoms with Gasteiger partial charge in [0.25, 0.3) is 0 Å². The van der Waals surface area contributed by atoms with Crippen LogP contribution in [0.2, 0.25) is 0 Å². The molecule has 0 radical (unpaired) electrons. The number of ether oxygens (including phenoxy) is 1. The summed E-state index contributed by atoms with van der Waals surface area (Å²) in [4.78, 5) is 2.69. The summed E-state index contributed by atoms with van der Waals surface area (Å²) in [7, 11) is 2.12. The molecule has 2 aliphatic heterocycles. The van der Waals surface area contributed by atoms with Gasteiger partial charge in [-0.25, -0.2) is 0 Å². The van der Waals surface area contributed by atoms with Gasteiger partial charge in [0.2, 0.25) is 0 Å². The number of nitrogens with one attached hydrogen (secondary N) is 1. The Hall–Kier alpha value is -0.120. The van der Waals surface area contributed by atoms with Crippen molar-refractivity contribution in [3.8, 4) is 0 Å². The molecule has 2 fully saturated rings. The largest absolute Gasteiger partial charge is 0.378 e. The number of piperidine rings is 1. The van der Waals surface area contributed by atoms with E-state index >= 15 is 0 Å². The van der Waals surface area contributed by atoms with Crippen LogP contribution in [0.1, 0.15) is 58.8 Å². The van der Waals surface area contributed by atoms with Crippen molar-refractivity contribution < 1.29 is 4.74 Å². The molecular weight excluding hydrogens is 236 g/mol. The molecule has 3 heteroatoms. The summed E-state index contributed by atoms with van der Waals surface area (Å²) < 4.78 is 5.76. The van der Waals surface area contributed by atoms with Crippen LogP contribution in [0.25, 0.3) is 0 Å². The summed E-state index contributed by atoms with van der Waals surface area (Å²) in [6.45, 7) is 8.34. The quantitative estimate of drug-likeness (QED) is 0.801. The topological polar surface area (TPSA) is 24.5 Å². The average molecular weight is 268 g/mol. The molecule has 19 heavy (non-hydrogen) atoms. The number of hydrogen-bond acceptors (Lipinski definition) is 3. The predicted octanol–water partition coefficient (Wildman–Crippen LogP) is 2.80. The lowest BCUT2D eigenvalue weighted by Gasteiger charge is -2.46. The van der Waals surface area contributed by atoms with E-state index in [0.717, 1.165) is 6.61 Å². The summed E-state index contributed by atoms with van der Waals surface area (Å²) in [5, 5.41) is 3.57. The molecule has 0 aromatic rings. The fraction of sp³-hybridized carbons (Fsp3) is 1.00. The standard InChI is InChI=1S/C16H32N2O/c1-16(2,18-11-5-4-6-12-18)15(17-3)10-9-14-8-7-13-19-14/h14-15,17H,4-13H2,1-3H3. The van der Waals surface area contributed by atoms with E-state index in [1.165, 1.54) is 58.0 Å². The number of rotatable bonds is 6. The first-order valence-corrected chi connectivity index (χ1v) is 8.18. The minimum atomic E-state index is 0.258. The van der Waals surface area contributed by atoms with Gasteiger partial charge in [-0.1, -0.05) is 6.42 Å². The third-order valence-electron chi connectivity index (χ3n) is 5.17. The highest BCUT2D eigenvalue weighted by molar-refractivity contribution is 4.94. The molecule has 3 nitrogen and oxygen atoms in total. The van der Waals surface area contributed by atoms with Gasteiger partial charge >= 0.3 is 0 Å². The molecular formula is C16H32N2O. The van der Waals surface area contributed by atoms with Crippen molar-refractivity contribution in [1.82, 2.24) is 10.2 Å². The molecule has 2 heterocycles. The highest BCUT2D eigenvalue weighted by atomic mass is 16.5. The smallest absolute Gasteiger partial charge is 0.0576 e. The Morgan fingerprint density at radius 1 is 1.21 bits per heavy atom. The molecule has 0 aromatic carbocycles. The van der Waals surface area contributed by atoms with Crippen LogP contribution >= 0.6 is 0 Å². The van der Waals surface area contributed by atoms with Crippen LogP contribution in [-0.4, -0.2) is 49.3 Å². The fourth-order valence-corrected chi connectivity index (χ4v) is 3.77. The molecule has 0 saturated carbocycles. The Labute approximate surface area is 119 Å². The summed E-state index contributed by atoms with van der Waals surface area (Å²) in [6, 6.07) is 0.565. The lowest BCUT2D eigenvalue weighted by molar-refractivity contribution is 0.0489. The zero-order valence-corrected chi connectivity index (χ0v) is 13.1. The maximum absolute atomic E-state index is 5.76. The maximum Gasteiger partial charge on any atom is 0.0576 e. The Morgan fingerprint density at radius 2 is 1.95 bits per heavy atom. The van der Waals surface area contributed by atoms with E-state index in [1.54, 1.807) is 0 Å². The molecule has 0 aromatic heterocycles. The molecule has 0 spiro atoms. The highest BCUT2D eigenvalue weighted by Crippen LogP contribution is 2.27. The Balaban J connectivity index is 1.86.